The zero-order valence-corrected chi connectivity index (χ0v) is 19.3. The number of nitrogens with zero attached hydrogens (tertiary/aromatic N) is 1. The number of benzene rings is 2. The highest BCUT2D eigenvalue weighted by Gasteiger charge is 2.47. The van der Waals surface area contributed by atoms with Crippen LogP contribution in [0.4, 0.5) is 8.78 Å². The fourth-order valence-corrected chi connectivity index (χ4v) is 6.09. The van der Waals surface area contributed by atoms with E-state index in [1.54, 1.807) is 6.92 Å². The second kappa shape index (κ2) is 10.5. The SMILES string of the molecule is CCCC(CCCC(=O)N(C)OC)(c1cc(F)ccc1F)S(=O)(=O)c1ccc(Cl)cc1. The Morgan fingerprint density at radius 3 is 2.35 bits per heavy atom. The van der Waals surface area contributed by atoms with E-state index in [4.69, 9.17) is 16.4 Å². The maximum absolute atomic E-state index is 14.9. The topological polar surface area (TPSA) is 63.7 Å². The van der Waals surface area contributed by atoms with E-state index in [9.17, 15) is 22.0 Å². The standard InChI is InChI=1S/C22H26ClF2NO4S/c1-4-13-22(14-5-6-21(27)26(2)30-3,19-15-17(24)9-12-20(19)25)31(28,29)18-10-7-16(23)8-11-18/h7-12,15H,4-6,13-14H2,1-3H3. The van der Waals surface area contributed by atoms with E-state index in [0.29, 0.717) is 11.4 Å². The number of amides is 1. The van der Waals surface area contributed by atoms with Gasteiger partial charge in [-0.1, -0.05) is 24.9 Å². The van der Waals surface area contributed by atoms with Gasteiger partial charge in [-0.05, 0) is 61.7 Å². The predicted molar refractivity (Wildman–Crippen MR) is 115 cm³/mol. The molecule has 5 nitrogen and oxygen atoms in total. The number of hydroxylamine groups is 2. The Labute approximate surface area is 186 Å². The molecule has 0 saturated heterocycles. The van der Waals surface area contributed by atoms with Crippen LogP contribution in [0, 0.1) is 11.6 Å². The summed E-state index contributed by atoms with van der Waals surface area (Å²) in [5.41, 5.74) is -0.239. The van der Waals surface area contributed by atoms with Gasteiger partial charge in [0.05, 0.1) is 12.0 Å². The zero-order chi connectivity index (χ0) is 23.2. The van der Waals surface area contributed by atoms with Crippen molar-refractivity contribution in [2.24, 2.45) is 0 Å². The third-order valence-corrected chi connectivity index (χ3v) is 8.11. The Kier molecular flexibility index (Phi) is 8.57. The molecule has 0 radical (unpaired) electrons. The molecule has 1 amide bonds. The number of hydrogen-bond acceptors (Lipinski definition) is 4. The van der Waals surface area contributed by atoms with E-state index in [0.717, 1.165) is 23.3 Å². The van der Waals surface area contributed by atoms with Crippen LogP contribution in [-0.2, 0) is 24.2 Å². The van der Waals surface area contributed by atoms with Crippen molar-refractivity contribution in [3.05, 3.63) is 64.7 Å². The molecule has 0 aliphatic heterocycles. The lowest BCUT2D eigenvalue weighted by Crippen LogP contribution is -2.37. The average molecular weight is 474 g/mol. The van der Waals surface area contributed by atoms with Gasteiger partial charge in [-0.25, -0.2) is 22.3 Å². The normalized spacial score (nSPS) is 13.6. The number of halogens is 3. The van der Waals surface area contributed by atoms with Gasteiger partial charge >= 0.3 is 0 Å². The highest BCUT2D eigenvalue weighted by molar-refractivity contribution is 7.92. The molecule has 1 unspecified atom stereocenters. The number of carbonyl (C=O) groups is 1. The van der Waals surface area contributed by atoms with Crippen LogP contribution in [-0.4, -0.2) is 33.5 Å². The quantitative estimate of drug-likeness (QED) is 0.440. The van der Waals surface area contributed by atoms with Crippen molar-refractivity contribution in [2.75, 3.05) is 14.2 Å². The van der Waals surface area contributed by atoms with Gasteiger partial charge in [0.1, 0.15) is 16.4 Å². The maximum Gasteiger partial charge on any atom is 0.245 e. The minimum absolute atomic E-state index is 0.0110. The van der Waals surface area contributed by atoms with Crippen molar-refractivity contribution in [1.82, 2.24) is 5.06 Å². The summed E-state index contributed by atoms with van der Waals surface area (Å²) in [5, 5.41) is 1.39. The van der Waals surface area contributed by atoms with Crippen LogP contribution in [0.15, 0.2) is 47.4 Å². The Morgan fingerprint density at radius 2 is 1.77 bits per heavy atom. The van der Waals surface area contributed by atoms with Gasteiger partial charge in [0.15, 0.2) is 9.84 Å². The maximum atomic E-state index is 14.9. The van der Waals surface area contributed by atoms with Gasteiger partial charge in [0.2, 0.25) is 5.91 Å². The molecular weight excluding hydrogens is 448 g/mol. The Hall–Kier alpha value is -2.03. The molecule has 9 heteroatoms. The first-order valence-corrected chi connectivity index (χ1v) is 11.7. The molecule has 170 valence electrons. The first-order chi connectivity index (χ1) is 14.6. The van der Waals surface area contributed by atoms with Crippen molar-refractivity contribution >= 4 is 27.3 Å². The third kappa shape index (κ3) is 5.42. The van der Waals surface area contributed by atoms with Crippen molar-refractivity contribution in [3.8, 4) is 0 Å². The third-order valence-electron chi connectivity index (χ3n) is 5.31. The highest BCUT2D eigenvalue weighted by atomic mass is 35.5. The van der Waals surface area contributed by atoms with Gasteiger partial charge in [-0.15, -0.1) is 0 Å². The number of hydrogen-bond donors (Lipinski definition) is 0. The predicted octanol–water partition coefficient (Wildman–Crippen LogP) is 5.28. The number of rotatable bonds is 10. The molecule has 0 heterocycles. The van der Waals surface area contributed by atoms with Crippen LogP contribution in [0.1, 0.15) is 44.6 Å². The van der Waals surface area contributed by atoms with E-state index in [-0.39, 0.29) is 42.0 Å². The van der Waals surface area contributed by atoms with Crippen molar-refractivity contribution < 1.29 is 26.8 Å². The fraction of sp³-hybridized carbons (Fsp3) is 0.409. The molecule has 0 fully saturated rings. The smallest absolute Gasteiger partial charge is 0.245 e. The van der Waals surface area contributed by atoms with E-state index in [1.165, 1.54) is 38.4 Å². The van der Waals surface area contributed by atoms with E-state index in [1.807, 2.05) is 0 Å². The summed E-state index contributed by atoms with van der Waals surface area (Å²) in [7, 11) is -1.40. The van der Waals surface area contributed by atoms with Gasteiger partial charge in [0, 0.05) is 24.1 Å². The minimum atomic E-state index is -4.18. The molecular formula is C22H26ClF2NO4S. The molecule has 0 N–H and O–H groups in total. The van der Waals surface area contributed by atoms with E-state index in [2.05, 4.69) is 0 Å². The van der Waals surface area contributed by atoms with E-state index >= 15 is 0 Å². The summed E-state index contributed by atoms with van der Waals surface area (Å²) in [6.45, 7) is 1.77. The molecule has 2 rings (SSSR count). The Morgan fingerprint density at radius 1 is 1.13 bits per heavy atom. The Bertz CT molecular complexity index is 1010. The Balaban J connectivity index is 2.62. The molecule has 1 atom stereocenters. The molecule has 2 aromatic carbocycles. The lowest BCUT2D eigenvalue weighted by atomic mass is 9.88. The summed E-state index contributed by atoms with van der Waals surface area (Å²) in [5.74, 6) is -1.90. The summed E-state index contributed by atoms with van der Waals surface area (Å²) >= 11 is 5.90. The van der Waals surface area contributed by atoms with Gasteiger partial charge in [0.25, 0.3) is 0 Å². The van der Waals surface area contributed by atoms with Crippen LogP contribution < -0.4 is 0 Å². The van der Waals surface area contributed by atoms with Crippen LogP contribution in [0.25, 0.3) is 0 Å². The van der Waals surface area contributed by atoms with Gasteiger partial charge in [-0.2, -0.15) is 0 Å². The molecule has 0 bridgehead atoms. The lowest BCUT2D eigenvalue weighted by Gasteiger charge is -2.34. The van der Waals surface area contributed by atoms with Crippen molar-refractivity contribution in [1.29, 1.82) is 0 Å². The largest absolute Gasteiger partial charge is 0.275 e. The summed E-state index contributed by atoms with van der Waals surface area (Å²) in [6, 6.07) is 8.37. The first-order valence-electron chi connectivity index (χ1n) is 9.85. The van der Waals surface area contributed by atoms with Crippen LogP contribution in [0.3, 0.4) is 0 Å². The van der Waals surface area contributed by atoms with Gasteiger partial charge < -0.3 is 0 Å². The molecule has 0 aliphatic rings. The minimum Gasteiger partial charge on any atom is -0.275 e. The molecule has 0 spiro atoms. The fourth-order valence-electron chi connectivity index (χ4n) is 3.68. The van der Waals surface area contributed by atoms with E-state index < -0.39 is 26.2 Å². The highest BCUT2D eigenvalue weighted by Crippen LogP contribution is 2.45. The molecule has 2 aromatic rings. The van der Waals surface area contributed by atoms with Crippen LogP contribution in [0.5, 0.6) is 0 Å². The lowest BCUT2D eigenvalue weighted by molar-refractivity contribution is -0.168. The first kappa shape index (κ1) is 25.2. The second-order valence-corrected chi connectivity index (χ2v) is 9.95. The summed E-state index contributed by atoms with van der Waals surface area (Å²) < 4.78 is 54.9. The number of sulfone groups is 1. The average Bonchev–Trinajstić information content (AvgIpc) is 2.74. The van der Waals surface area contributed by atoms with Crippen molar-refractivity contribution in [2.45, 2.75) is 48.7 Å². The van der Waals surface area contributed by atoms with Gasteiger partial charge in [-0.3, -0.25) is 9.63 Å². The summed E-state index contributed by atoms with van der Waals surface area (Å²) in [6.07, 6.45) is 0.495. The zero-order valence-electron chi connectivity index (χ0n) is 17.7. The summed E-state index contributed by atoms with van der Waals surface area (Å²) in [4.78, 5) is 16.9. The molecule has 0 saturated carbocycles. The van der Waals surface area contributed by atoms with Crippen LogP contribution >= 0.6 is 11.6 Å². The monoisotopic (exact) mass is 473 g/mol. The van der Waals surface area contributed by atoms with Crippen molar-refractivity contribution in [3.63, 3.8) is 0 Å². The molecule has 0 aliphatic carbocycles. The molecule has 31 heavy (non-hydrogen) atoms. The number of carbonyl (C=O) groups excluding carboxylic acids is 1. The molecule has 0 aromatic heterocycles. The van der Waals surface area contributed by atoms with Crippen LogP contribution in [0.2, 0.25) is 5.02 Å². The second-order valence-electron chi connectivity index (χ2n) is 7.25.